The fraction of sp³-hybridized carbons (Fsp3) is 0.316. The molecule has 7 nitrogen and oxygen atoms in total. The van der Waals surface area contributed by atoms with Crippen molar-refractivity contribution in [3.63, 3.8) is 0 Å². The van der Waals surface area contributed by atoms with Gasteiger partial charge in [0.1, 0.15) is 18.7 Å². The number of rotatable bonds is 4. The lowest BCUT2D eigenvalue weighted by atomic mass is 10.2. The summed E-state index contributed by atoms with van der Waals surface area (Å²) in [4.78, 5) is 39.2. The zero-order valence-electron chi connectivity index (χ0n) is 14.8. The molecule has 1 fully saturated rings. The first kappa shape index (κ1) is 18.6. The van der Waals surface area contributed by atoms with Crippen LogP contribution in [0.1, 0.15) is 23.0 Å². The molecule has 3 rings (SSSR count). The molecule has 0 atom stereocenters. The first-order valence-electron chi connectivity index (χ1n) is 8.49. The van der Waals surface area contributed by atoms with Gasteiger partial charge in [-0.15, -0.1) is 0 Å². The third kappa shape index (κ3) is 4.52. The number of carbonyl (C=O) groups is 2. The Morgan fingerprint density at radius 3 is 2.33 bits per heavy atom. The lowest BCUT2D eigenvalue weighted by molar-refractivity contribution is -0.130. The molecule has 1 aromatic heterocycles. The highest BCUT2D eigenvalue weighted by molar-refractivity contribution is 5.91. The van der Waals surface area contributed by atoms with Gasteiger partial charge in [-0.1, -0.05) is 12.1 Å². The molecule has 2 aromatic rings. The van der Waals surface area contributed by atoms with Crippen molar-refractivity contribution in [3.8, 4) is 5.75 Å². The SMILES string of the molecule is CC(=O)N1CCN(C(=O)c2cc(=O)c(OCc3ccc(F)cc3)co2)CC1. The van der Waals surface area contributed by atoms with Gasteiger partial charge in [0.2, 0.25) is 17.1 Å². The number of carbonyl (C=O) groups excluding carboxylic acids is 2. The van der Waals surface area contributed by atoms with Crippen molar-refractivity contribution < 1.29 is 23.1 Å². The van der Waals surface area contributed by atoms with Crippen molar-refractivity contribution in [2.75, 3.05) is 26.2 Å². The standard InChI is InChI=1S/C19H19FN2O5/c1-13(23)21-6-8-22(9-7-21)19(25)17-10-16(24)18(12-27-17)26-11-14-2-4-15(20)5-3-14/h2-5,10,12H,6-9,11H2,1H3. The van der Waals surface area contributed by atoms with E-state index in [1.165, 1.54) is 24.0 Å². The molecule has 0 aliphatic carbocycles. The minimum absolute atomic E-state index is 0.0303. The molecule has 1 aliphatic rings. The normalized spacial score (nSPS) is 14.1. The highest BCUT2D eigenvalue weighted by atomic mass is 19.1. The van der Waals surface area contributed by atoms with E-state index in [0.29, 0.717) is 31.7 Å². The molecule has 0 radical (unpaired) electrons. The third-order valence-corrected chi connectivity index (χ3v) is 4.33. The minimum Gasteiger partial charge on any atom is -0.482 e. The maximum atomic E-state index is 12.9. The Hall–Kier alpha value is -3.16. The summed E-state index contributed by atoms with van der Waals surface area (Å²) >= 11 is 0. The summed E-state index contributed by atoms with van der Waals surface area (Å²) in [6.07, 6.45) is 1.10. The minimum atomic E-state index is -0.478. The molecular weight excluding hydrogens is 355 g/mol. The van der Waals surface area contributed by atoms with Crippen LogP contribution in [0.25, 0.3) is 0 Å². The van der Waals surface area contributed by atoms with Gasteiger partial charge in [0.15, 0.2) is 5.76 Å². The second kappa shape index (κ2) is 8.03. The molecule has 142 valence electrons. The highest BCUT2D eigenvalue weighted by Gasteiger charge is 2.25. The Kier molecular flexibility index (Phi) is 5.54. The lowest BCUT2D eigenvalue weighted by Gasteiger charge is -2.33. The van der Waals surface area contributed by atoms with E-state index in [0.717, 1.165) is 12.3 Å². The van der Waals surface area contributed by atoms with Crippen molar-refractivity contribution in [2.24, 2.45) is 0 Å². The van der Waals surface area contributed by atoms with Crippen LogP contribution in [0, 0.1) is 5.82 Å². The van der Waals surface area contributed by atoms with E-state index in [4.69, 9.17) is 9.15 Å². The molecule has 2 heterocycles. The molecule has 27 heavy (non-hydrogen) atoms. The fourth-order valence-corrected chi connectivity index (χ4v) is 2.74. The molecule has 1 aliphatic heterocycles. The van der Waals surface area contributed by atoms with E-state index in [2.05, 4.69) is 0 Å². The van der Waals surface area contributed by atoms with Crippen molar-refractivity contribution >= 4 is 11.8 Å². The van der Waals surface area contributed by atoms with Gasteiger partial charge >= 0.3 is 0 Å². The van der Waals surface area contributed by atoms with Crippen LogP contribution in [0.5, 0.6) is 5.75 Å². The average molecular weight is 374 g/mol. The second-order valence-corrected chi connectivity index (χ2v) is 6.19. The maximum absolute atomic E-state index is 12.9. The lowest BCUT2D eigenvalue weighted by Crippen LogP contribution is -2.50. The Labute approximate surface area is 154 Å². The summed E-state index contributed by atoms with van der Waals surface area (Å²) < 4.78 is 23.6. The van der Waals surface area contributed by atoms with Crippen molar-refractivity contribution in [1.82, 2.24) is 9.80 Å². The fourth-order valence-electron chi connectivity index (χ4n) is 2.74. The van der Waals surface area contributed by atoms with E-state index in [-0.39, 0.29) is 29.8 Å². The first-order chi connectivity index (χ1) is 12.9. The third-order valence-electron chi connectivity index (χ3n) is 4.33. The molecule has 0 bridgehead atoms. The molecule has 1 aromatic carbocycles. The Morgan fingerprint density at radius 1 is 1.11 bits per heavy atom. The van der Waals surface area contributed by atoms with Crippen LogP contribution in [0.2, 0.25) is 0 Å². The Balaban J connectivity index is 1.62. The van der Waals surface area contributed by atoms with Crippen LogP contribution >= 0.6 is 0 Å². The van der Waals surface area contributed by atoms with Gasteiger partial charge in [0.05, 0.1) is 0 Å². The number of ether oxygens (including phenoxy) is 1. The average Bonchev–Trinajstić information content (AvgIpc) is 2.67. The summed E-state index contributed by atoms with van der Waals surface area (Å²) in [6.45, 7) is 3.22. The Bertz CT molecular complexity index is 886. The molecule has 1 saturated heterocycles. The van der Waals surface area contributed by atoms with E-state index < -0.39 is 11.3 Å². The van der Waals surface area contributed by atoms with E-state index in [1.807, 2.05) is 0 Å². The van der Waals surface area contributed by atoms with Gasteiger partial charge in [-0.05, 0) is 17.7 Å². The first-order valence-corrected chi connectivity index (χ1v) is 8.49. The van der Waals surface area contributed by atoms with Crippen LogP contribution in [-0.4, -0.2) is 47.8 Å². The van der Waals surface area contributed by atoms with Gasteiger partial charge in [-0.25, -0.2) is 4.39 Å². The molecule has 0 unspecified atom stereocenters. The number of nitrogens with zero attached hydrogens (tertiary/aromatic N) is 2. The van der Waals surface area contributed by atoms with E-state index >= 15 is 0 Å². The van der Waals surface area contributed by atoms with Crippen LogP contribution in [-0.2, 0) is 11.4 Å². The van der Waals surface area contributed by atoms with Crippen molar-refractivity contribution in [3.05, 3.63) is 64.0 Å². The molecule has 8 heteroatoms. The van der Waals surface area contributed by atoms with E-state index in [1.54, 1.807) is 17.0 Å². The largest absolute Gasteiger partial charge is 0.482 e. The topological polar surface area (TPSA) is 80.1 Å². The molecule has 0 saturated carbocycles. The Morgan fingerprint density at radius 2 is 1.74 bits per heavy atom. The van der Waals surface area contributed by atoms with E-state index in [9.17, 15) is 18.8 Å². The number of halogens is 1. The van der Waals surface area contributed by atoms with Gasteiger partial charge in [0.25, 0.3) is 5.91 Å². The van der Waals surface area contributed by atoms with Crippen LogP contribution < -0.4 is 10.2 Å². The summed E-state index contributed by atoms with van der Waals surface area (Å²) in [5.41, 5.74) is 0.216. The number of hydrogen-bond acceptors (Lipinski definition) is 5. The molecule has 0 N–H and O–H groups in total. The number of piperazine rings is 1. The zero-order valence-corrected chi connectivity index (χ0v) is 14.8. The number of amides is 2. The van der Waals surface area contributed by atoms with Crippen LogP contribution in [0.3, 0.4) is 0 Å². The van der Waals surface area contributed by atoms with Crippen molar-refractivity contribution in [2.45, 2.75) is 13.5 Å². The summed E-state index contributed by atoms with van der Waals surface area (Å²) in [6, 6.07) is 6.80. The number of hydrogen-bond donors (Lipinski definition) is 0. The van der Waals surface area contributed by atoms with Crippen LogP contribution in [0.4, 0.5) is 4.39 Å². The zero-order chi connectivity index (χ0) is 19.4. The second-order valence-electron chi connectivity index (χ2n) is 6.19. The van der Waals surface area contributed by atoms with Gasteiger partial charge in [0, 0.05) is 39.2 Å². The smallest absolute Gasteiger partial charge is 0.289 e. The number of benzene rings is 1. The maximum Gasteiger partial charge on any atom is 0.289 e. The van der Waals surface area contributed by atoms with Gasteiger partial charge in [-0.2, -0.15) is 0 Å². The van der Waals surface area contributed by atoms with Gasteiger partial charge < -0.3 is 19.0 Å². The summed E-state index contributed by atoms with van der Waals surface area (Å²) in [7, 11) is 0. The monoisotopic (exact) mass is 374 g/mol. The summed E-state index contributed by atoms with van der Waals surface area (Å²) in [5.74, 6) is -0.898. The predicted molar refractivity (Wildman–Crippen MR) is 93.9 cm³/mol. The molecule has 2 amide bonds. The molecule has 0 spiro atoms. The van der Waals surface area contributed by atoms with Gasteiger partial charge in [-0.3, -0.25) is 14.4 Å². The highest BCUT2D eigenvalue weighted by Crippen LogP contribution is 2.13. The molecular formula is C19H19FN2O5. The van der Waals surface area contributed by atoms with Crippen molar-refractivity contribution in [1.29, 1.82) is 0 Å². The quantitative estimate of drug-likeness (QED) is 0.813. The predicted octanol–water partition coefficient (Wildman–Crippen LogP) is 1.66. The van der Waals surface area contributed by atoms with Crippen LogP contribution in [0.15, 0.2) is 45.8 Å². The summed E-state index contributed by atoms with van der Waals surface area (Å²) in [5, 5.41) is 0.